The number of unbranched alkanes of at least 4 members (excludes halogenated alkanes) is 2. The van der Waals surface area contributed by atoms with E-state index in [9.17, 15) is 4.79 Å². The maximum absolute atomic E-state index is 11.6. The van der Waals surface area contributed by atoms with Gasteiger partial charge >= 0.3 is 0 Å². The van der Waals surface area contributed by atoms with Crippen molar-refractivity contribution in [2.75, 3.05) is 5.32 Å². The van der Waals surface area contributed by atoms with Crippen LogP contribution in [0.1, 0.15) is 59.1 Å². The fraction of sp³-hybridized carbons (Fsp3) is 0.692. The molecule has 0 aliphatic rings. The Morgan fingerprint density at radius 3 is 2.65 bits per heavy atom. The van der Waals surface area contributed by atoms with Crippen LogP contribution >= 0.6 is 0 Å². The van der Waals surface area contributed by atoms with Gasteiger partial charge in [-0.2, -0.15) is 0 Å². The lowest BCUT2D eigenvalue weighted by atomic mass is 9.93. The molecule has 0 fully saturated rings. The maximum Gasteiger partial charge on any atom is 0.225 e. The average Bonchev–Trinajstić information content (AvgIpc) is 2.66. The molecule has 0 radical (unpaired) electrons. The molecule has 0 atom stereocenters. The highest BCUT2D eigenvalue weighted by Crippen LogP contribution is 2.24. The van der Waals surface area contributed by atoms with Gasteiger partial charge in [-0.05, 0) is 6.42 Å². The minimum Gasteiger partial charge on any atom is -0.359 e. The smallest absolute Gasteiger partial charge is 0.225 e. The Kier molecular flexibility index (Phi) is 4.73. The molecule has 0 unspecified atom stereocenters. The van der Waals surface area contributed by atoms with Crippen LogP contribution in [0.25, 0.3) is 0 Å². The number of carbonyl (C=O) groups is 1. The van der Waals surface area contributed by atoms with E-state index < -0.39 is 0 Å². The van der Waals surface area contributed by atoms with E-state index in [0.29, 0.717) is 12.2 Å². The van der Waals surface area contributed by atoms with Crippen molar-refractivity contribution < 1.29 is 9.32 Å². The molecule has 0 aliphatic carbocycles. The molecule has 0 saturated carbocycles. The molecule has 1 amide bonds. The van der Waals surface area contributed by atoms with Crippen molar-refractivity contribution in [3.8, 4) is 0 Å². The molecule has 1 aromatic heterocycles. The van der Waals surface area contributed by atoms with E-state index in [1.807, 2.05) is 20.8 Å². The Labute approximate surface area is 103 Å². The van der Waals surface area contributed by atoms with Crippen LogP contribution < -0.4 is 5.32 Å². The van der Waals surface area contributed by atoms with Crippen LogP contribution in [0.2, 0.25) is 0 Å². The largest absolute Gasteiger partial charge is 0.359 e. The molecule has 0 saturated heterocycles. The predicted octanol–water partition coefficient (Wildman–Crippen LogP) is 3.49. The number of nitrogens with zero attached hydrogens (tertiary/aromatic N) is 1. The number of anilines is 1. The van der Waals surface area contributed by atoms with E-state index in [2.05, 4.69) is 17.4 Å². The highest BCUT2D eigenvalue weighted by Gasteiger charge is 2.20. The van der Waals surface area contributed by atoms with Gasteiger partial charge in [-0.1, -0.05) is 45.7 Å². The van der Waals surface area contributed by atoms with E-state index in [1.54, 1.807) is 6.07 Å². The quantitative estimate of drug-likeness (QED) is 0.799. The van der Waals surface area contributed by atoms with Crippen molar-refractivity contribution in [2.45, 2.75) is 58.8 Å². The summed E-state index contributed by atoms with van der Waals surface area (Å²) in [5.41, 5.74) is -0.0851. The van der Waals surface area contributed by atoms with Crippen molar-refractivity contribution in [1.82, 2.24) is 5.16 Å². The van der Waals surface area contributed by atoms with Crippen molar-refractivity contribution in [3.63, 3.8) is 0 Å². The number of carbonyl (C=O) groups excluding carboxylic acids is 1. The number of rotatable bonds is 5. The first-order valence-electron chi connectivity index (χ1n) is 6.20. The summed E-state index contributed by atoms with van der Waals surface area (Å²) >= 11 is 0. The summed E-state index contributed by atoms with van der Waals surface area (Å²) in [6.07, 6.45) is 3.67. The van der Waals surface area contributed by atoms with Crippen molar-refractivity contribution >= 4 is 11.7 Å². The third kappa shape index (κ3) is 4.59. The lowest BCUT2D eigenvalue weighted by Gasteiger charge is -2.11. The molecule has 1 N–H and O–H groups in total. The summed E-state index contributed by atoms with van der Waals surface area (Å²) in [6.45, 7) is 8.24. The Hall–Kier alpha value is -1.32. The summed E-state index contributed by atoms with van der Waals surface area (Å²) in [4.78, 5) is 11.6. The third-order valence-electron chi connectivity index (χ3n) is 2.52. The van der Waals surface area contributed by atoms with E-state index in [4.69, 9.17) is 4.52 Å². The van der Waals surface area contributed by atoms with E-state index in [1.165, 1.54) is 0 Å². The lowest BCUT2D eigenvalue weighted by molar-refractivity contribution is -0.116. The monoisotopic (exact) mass is 238 g/mol. The first kappa shape index (κ1) is 13.7. The van der Waals surface area contributed by atoms with E-state index in [0.717, 1.165) is 25.0 Å². The summed E-state index contributed by atoms with van der Waals surface area (Å²) in [6, 6.07) is 1.79. The molecule has 17 heavy (non-hydrogen) atoms. The van der Waals surface area contributed by atoms with Crippen LogP contribution in [-0.4, -0.2) is 11.1 Å². The molecule has 1 rings (SSSR count). The van der Waals surface area contributed by atoms with Crippen molar-refractivity contribution in [3.05, 3.63) is 11.8 Å². The summed E-state index contributed by atoms with van der Waals surface area (Å²) in [5.74, 6) is 1.30. The van der Waals surface area contributed by atoms with Gasteiger partial charge in [-0.15, -0.1) is 0 Å². The maximum atomic E-state index is 11.6. The second-order valence-corrected chi connectivity index (χ2v) is 5.33. The van der Waals surface area contributed by atoms with Gasteiger partial charge in [0.25, 0.3) is 0 Å². The van der Waals surface area contributed by atoms with Crippen LogP contribution in [0, 0.1) is 0 Å². The lowest BCUT2D eigenvalue weighted by Crippen LogP contribution is -2.11. The first-order chi connectivity index (χ1) is 7.93. The van der Waals surface area contributed by atoms with E-state index in [-0.39, 0.29) is 11.3 Å². The van der Waals surface area contributed by atoms with Crippen LogP contribution in [0.15, 0.2) is 10.6 Å². The average molecular weight is 238 g/mol. The molecule has 0 aromatic carbocycles. The van der Waals surface area contributed by atoms with Crippen molar-refractivity contribution in [1.29, 1.82) is 0 Å². The second kappa shape index (κ2) is 5.84. The fourth-order valence-corrected chi connectivity index (χ4v) is 1.43. The molecule has 1 aromatic rings. The molecule has 0 aliphatic heterocycles. The minimum absolute atomic E-state index is 0.00668. The van der Waals surface area contributed by atoms with Crippen LogP contribution in [0.3, 0.4) is 0 Å². The molecule has 96 valence electrons. The van der Waals surface area contributed by atoms with Gasteiger partial charge in [0.2, 0.25) is 5.91 Å². The molecular formula is C13H22N2O2. The molecular weight excluding hydrogens is 216 g/mol. The predicted molar refractivity (Wildman–Crippen MR) is 68.0 cm³/mol. The molecule has 0 bridgehead atoms. The van der Waals surface area contributed by atoms with Gasteiger partial charge < -0.3 is 9.84 Å². The highest BCUT2D eigenvalue weighted by molar-refractivity contribution is 5.89. The van der Waals surface area contributed by atoms with Crippen molar-refractivity contribution in [2.24, 2.45) is 0 Å². The van der Waals surface area contributed by atoms with Gasteiger partial charge in [0.1, 0.15) is 5.76 Å². The fourth-order valence-electron chi connectivity index (χ4n) is 1.43. The van der Waals surface area contributed by atoms with Crippen LogP contribution in [-0.2, 0) is 10.2 Å². The topological polar surface area (TPSA) is 55.1 Å². The van der Waals surface area contributed by atoms with Gasteiger partial charge in [0.05, 0.1) is 0 Å². The zero-order chi connectivity index (χ0) is 12.9. The Morgan fingerprint density at radius 2 is 2.12 bits per heavy atom. The molecule has 1 heterocycles. The van der Waals surface area contributed by atoms with Gasteiger partial charge in [-0.25, -0.2) is 0 Å². The van der Waals surface area contributed by atoms with Gasteiger partial charge in [-0.3, -0.25) is 4.79 Å². The number of hydrogen-bond acceptors (Lipinski definition) is 3. The number of aromatic nitrogens is 1. The number of nitrogens with one attached hydrogen (secondary N) is 1. The number of amides is 1. The van der Waals surface area contributed by atoms with Crippen LogP contribution in [0.4, 0.5) is 5.82 Å². The zero-order valence-corrected chi connectivity index (χ0v) is 11.2. The SMILES string of the molecule is CCCCCC(=O)Nc1cc(C(C)(C)C)on1. The Bertz CT molecular complexity index is 364. The molecule has 0 spiro atoms. The summed E-state index contributed by atoms with van der Waals surface area (Å²) in [7, 11) is 0. The van der Waals surface area contributed by atoms with E-state index >= 15 is 0 Å². The highest BCUT2D eigenvalue weighted by atomic mass is 16.5. The second-order valence-electron chi connectivity index (χ2n) is 5.33. The van der Waals surface area contributed by atoms with Gasteiger partial charge in [0.15, 0.2) is 5.82 Å². The third-order valence-corrected chi connectivity index (χ3v) is 2.52. The normalized spacial score (nSPS) is 11.5. The molecule has 4 nitrogen and oxygen atoms in total. The standard InChI is InChI=1S/C13H22N2O2/c1-5-6-7-8-12(16)14-11-9-10(17-15-11)13(2,3)4/h9H,5-8H2,1-4H3,(H,14,15,16). The zero-order valence-electron chi connectivity index (χ0n) is 11.2. The number of hydrogen-bond donors (Lipinski definition) is 1. The van der Waals surface area contributed by atoms with Gasteiger partial charge in [0, 0.05) is 17.9 Å². The first-order valence-corrected chi connectivity index (χ1v) is 6.20. The summed E-state index contributed by atoms with van der Waals surface area (Å²) < 4.78 is 5.19. The van der Waals surface area contributed by atoms with Crippen LogP contribution in [0.5, 0.6) is 0 Å². The minimum atomic E-state index is -0.0851. The molecule has 4 heteroatoms. The Morgan fingerprint density at radius 1 is 1.41 bits per heavy atom. The summed E-state index contributed by atoms with van der Waals surface area (Å²) in [5, 5.41) is 6.59. The Balaban J connectivity index is 2.46.